The zero-order valence-electron chi connectivity index (χ0n) is 22.3. The molecule has 1 unspecified atom stereocenters. The van der Waals surface area contributed by atoms with Gasteiger partial charge in [0.25, 0.3) is 0 Å². The van der Waals surface area contributed by atoms with Gasteiger partial charge in [0.2, 0.25) is 5.13 Å². The minimum Gasteiger partial charge on any atom is -0.493 e. The Bertz CT molecular complexity index is 1590. The van der Waals surface area contributed by atoms with Crippen LogP contribution < -0.4 is 20.1 Å². The Kier molecular flexibility index (Phi) is 7.91. The maximum Gasteiger partial charge on any atom is 0.219 e. The van der Waals surface area contributed by atoms with Gasteiger partial charge in [-0.2, -0.15) is 5.26 Å². The number of Topliss-reactive ketones (excluding diaryl/α,β-unsaturated/α-hetero) is 2. The second-order valence-corrected chi connectivity index (χ2v) is 11.5. The number of thioether (sulfide) groups is 1. The third-order valence-electron chi connectivity index (χ3n) is 6.94. The van der Waals surface area contributed by atoms with Crippen LogP contribution in [0.4, 0.5) is 5.13 Å². The Morgan fingerprint density at radius 3 is 2.60 bits per heavy atom. The van der Waals surface area contributed by atoms with Gasteiger partial charge in [0.05, 0.1) is 37.5 Å². The Balaban J connectivity index is 1.49. The molecule has 2 heterocycles. The van der Waals surface area contributed by atoms with Crippen molar-refractivity contribution < 1.29 is 19.1 Å². The molecule has 0 radical (unpaired) electrons. The number of anilines is 1. The van der Waals surface area contributed by atoms with Crippen molar-refractivity contribution in [3.63, 3.8) is 0 Å². The van der Waals surface area contributed by atoms with E-state index in [1.807, 2.05) is 37.3 Å². The number of nitrogens with two attached hydrogens (primary N) is 1. The summed E-state index contributed by atoms with van der Waals surface area (Å²) in [6, 6.07) is 15.1. The molecule has 2 N–H and O–H groups in total. The topological polar surface area (TPSA) is 131 Å². The third kappa shape index (κ3) is 5.08. The van der Waals surface area contributed by atoms with Crippen molar-refractivity contribution >= 4 is 39.8 Å². The molecule has 1 aromatic heterocycles. The highest BCUT2D eigenvalue weighted by Crippen LogP contribution is 2.48. The lowest BCUT2D eigenvalue weighted by molar-refractivity contribution is -0.116. The quantitative estimate of drug-likeness (QED) is 0.285. The Hall–Kier alpha value is -4.14. The van der Waals surface area contributed by atoms with Crippen molar-refractivity contribution in [2.24, 2.45) is 5.73 Å². The monoisotopic (exact) mass is 573 g/mol. The molecule has 0 spiro atoms. The summed E-state index contributed by atoms with van der Waals surface area (Å²) < 4.78 is 11.4. The van der Waals surface area contributed by atoms with Gasteiger partial charge in [-0.3, -0.25) is 14.5 Å². The molecule has 9 nitrogen and oxygen atoms in total. The van der Waals surface area contributed by atoms with Gasteiger partial charge >= 0.3 is 0 Å². The number of methoxy groups -OCH3 is 2. The molecule has 0 fully saturated rings. The van der Waals surface area contributed by atoms with E-state index in [-0.39, 0.29) is 28.7 Å². The summed E-state index contributed by atoms with van der Waals surface area (Å²) in [5, 5.41) is 19.3. The Morgan fingerprint density at radius 2 is 1.90 bits per heavy atom. The molecule has 40 heavy (non-hydrogen) atoms. The van der Waals surface area contributed by atoms with E-state index in [4.69, 9.17) is 15.2 Å². The lowest BCUT2D eigenvalue weighted by Crippen LogP contribution is -2.38. The van der Waals surface area contributed by atoms with Crippen molar-refractivity contribution in [3.8, 4) is 17.6 Å². The molecule has 0 bridgehead atoms. The van der Waals surface area contributed by atoms with Gasteiger partial charge in [-0.05, 0) is 37.5 Å². The van der Waals surface area contributed by atoms with Crippen molar-refractivity contribution in [2.75, 3.05) is 24.9 Å². The summed E-state index contributed by atoms with van der Waals surface area (Å²) in [6.07, 6.45) is 1.64. The van der Waals surface area contributed by atoms with E-state index in [1.54, 1.807) is 24.1 Å². The number of nitriles is 1. The van der Waals surface area contributed by atoms with Crippen LogP contribution in [0.2, 0.25) is 0 Å². The number of nitrogens with zero attached hydrogens (tertiary/aromatic N) is 4. The van der Waals surface area contributed by atoms with Gasteiger partial charge in [0.1, 0.15) is 5.82 Å². The Labute approximate surface area is 240 Å². The van der Waals surface area contributed by atoms with Gasteiger partial charge in [0.15, 0.2) is 27.4 Å². The molecule has 11 heteroatoms. The third-order valence-corrected chi connectivity index (χ3v) is 8.98. The first-order chi connectivity index (χ1) is 19.4. The smallest absolute Gasteiger partial charge is 0.219 e. The van der Waals surface area contributed by atoms with Crippen LogP contribution in [0.15, 0.2) is 69.5 Å². The van der Waals surface area contributed by atoms with Gasteiger partial charge < -0.3 is 15.2 Å². The summed E-state index contributed by atoms with van der Waals surface area (Å²) in [5.74, 6) is 0.774. The minimum atomic E-state index is -0.641. The molecule has 1 aliphatic heterocycles. The van der Waals surface area contributed by atoms with Crippen LogP contribution in [-0.2, 0) is 4.79 Å². The molecule has 1 atom stereocenters. The fraction of sp³-hybridized carbons (Fsp3) is 0.276. The molecular formula is C29H27N5O4S2. The van der Waals surface area contributed by atoms with Crippen LogP contribution in [-0.4, -0.2) is 41.7 Å². The van der Waals surface area contributed by atoms with Crippen LogP contribution in [0.5, 0.6) is 11.5 Å². The van der Waals surface area contributed by atoms with Crippen LogP contribution in [0.25, 0.3) is 0 Å². The largest absolute Gasteiger partial charge is 0.493 e. The highest BCUT2D eigenvalue weighted by Gasteiger charge is 2.41. The van der Waals surface area contributed by atoms with Crippen molar-refractivity contribution in [1.82, 2.24) is 10.2 Å². The maximum atomic E-state index is 13.4. The molecular weight excluding hydrogens is 546 g/mol. The number of ether oxygens (including phenoxy) is 2. The van der Waals surface area contributed by atoms with Crippen molar-refractivity contribution in [3.05, 3.63) is 81.8 Å². The zero-order valence-corrected chi connectivity index (χ0v) is 23.9. The molecule has 0 amide bonds. The zero-order chi connectivity index (χ0) is 28.4. The van der Waals surface area contributed by atoms with E-state index in [0.29, 0.717) is 56.9 Å². The number of allylic oxidation sites excluding steroid dienone is 3. The highest BCUT2D eigenvalue weighted by atomic mass is 32.2. The summed E-state index contributed by atoms with van der Waals surface area (Å²) in [6.45, 7) is 1.97. The molecule has 2 aromatic carbocycles. The maximum absolute atomic E-state index is 13.4. The predicted molar refractivity (Wildman–Crippen MR) is 154 cm³/mol. The van der Waals surface area contributed by atoms with E-state index in [0.717, 1.165) is 11.3 Å². The average molecular weight is 574 g/mol. The SMILES string of the molecule is COc1ccc(C2C(C#N)=C(N)N(c3nnc(SCC(=O)c4ccc(C)cc4)s3)C3=C2C(=O)CCC3)cc1OC. The second-order valence-electron chi connectivity index (χ2n) is 9.36. The number of hydrogen-bond acceptors (Lipinski definition) is 11. The number of carbonyl (C=O) groups excluding carboxylic acids is 2. The summed E-state index contributed by atoms with van der Waals surface area (Å²) in [5.41, 5.74) is 10.6. The summed E-state index contributed by atoms with van der Waals surface area (Å²) in [7, 11) is 3.09. The second kappa shape index (κ2) is 11.5. The van der Waals surface area contributed by atoms with Gasteiger partial charge in [-0.25, -0.2) is 0 Å². The molecule has 1 aliphatic carbocycles. The number of aromatic nitrogens is 2. The standard InChI is InChI=1S/C29H27N5O4S2/c1-16-7-9-17(10-8-16)22(36)15-39-29-33-32-28(40-29)34-20-5-4-6-21(35)26(20)25(19(14-30)27(34)31)18-11-12-23(37-2)24(13-18)38-3/h7-13,25H,4-6,15,31H2,1-3H3. The minimum absolute atomic E-state index is 0.00784. The first-order valence-corrected chi connectivity index (χ1v) is 14.4. The van der Waals surface area contributed by atoms with E-state index in [2.05, 4.69) is 16.3 Å². The van der Waals surface area contributed by atoms with E-state index in [1.165, 1.54) is 30.2 Å². The molecule has 0 saturated carbocycles. The lowest BCUT2D eigenvalue weighted by atomic mass is 9.75. The van der Waals surface area contributed by atoms with Crippen molar-refractivity contribution in [2.45, 2.75) is 36.4 Å². The first-order valence-electron chi connectivity index (χ1n) is 12.6. The molecule has 0 saturated heterocycles. The fourth-order valence-corrected chi connectivity index (χ4v) is 6.75. The first kappa shape index (κ1) is 27.4. The number of ketones is 2. The number of rotatable bonds is 8. The van der Waals surface area contributed by atoms with E-state index >= 15 is 0 Å². The summed E-state index contributed by atoms with van der Waals surface area (Å²) >= 11 is 2.56. The molecule has 204 valence electrons. The van der Waals surface area contributed by atoms with E-state index < -0.39 is 5.92 Å². The number of carbonyl (C=O) groups is 2. The van der Waals surface area contributed by atoms with Gasteiger partial charge in [0, 0.05) is 23.3 Å². The average Bonchev–Trinajstić information content (AvgIpc) is 3.43. The predicted octanol–water partition coefficient (Wildman–Crippen LogP) is 5.14. The van der Waals surface area contributed by atoms with Gasteiger partial charge in [-0.1, -0.05) is 59.0 Å². The van der Waals surface area contributed by atoms with E-state index in [9.17, 15) is 14.9 Å². The van der Waals surface area contributed by atoms with Crippen LogP contribution in [0, 0.1) is 18.3 Å². The fourth-order valence-electron chi connectivity index (χ4n) is 4.97. The van der Waals surface area contributed by atoms with Crippen molar-refractivity contribution in [1.29, 1.82) is 5.26 Å². The normalized spacial score (nSPS) is 17.0. The van der Waals surface area contributed by atoms with Crippen LogP contribution >= 0.6 is 23.1 Å². The number of aryl methyl sites for hydroxylation is 1. The number of hydrogen-bond donors (Lipinski definition) is 1. The Morgan fingerprint density at radius 1 is 1.15 bits per heavy atom. The number of benzene rings is 2. The highest BCUT2D eigenvalue weighted by molar-refractivity contribution is 8.01. The molecule has 2 aliphatic rings. The summed E-state index contributed by atoms with van der Waals surface area (Å²) in [4.78, 5) is 27.7. The molecule has 3 aromatic rings. The molecule has 5 rings (SSSR count). The van der Waals surface area contributed by atoms with Gasteiger partial charge in [-0.15, -0.1) is 10.2 Å². The van der Waals surface area contributed by atoms with Crippen LogP contribution in [0.1, 0.15) is 46.7 Å². The van der Waals surface area contributed by atoms with Crippen LogP contribution in [0.3, 0.4) is 0 Å². The lowest BCUT2D eigenvalue weighted by Gasteiger charge is -2.38.